The molecule has 1 aromatic heterocycles. The predicted molar refractivity (Wildman–Crippen MR) is 59.2 cm³/mol. The van der Waals surface area contributed by atoms with Crippen LogP contribution in [0.3, 0.4) is 0 Å². The van der Waals surface area contributed by atoms with Crippen LogP contribution in [0.25, 0.3) is 0 Å². The molecule has 15 heavy (non-hydrogen) atoms. The van der Waals surface area contributed by atoms with Crippen LogP contribution >= 0.6 is 0 Å². The first kappa shape index (κ1) is 11.8. The number of aryl methyl sites for hydroxylation is 1. The summed E-state index contributed by atoms with van der Waals surface area (Å²) in [4.78, 5) is 28.4. The van der Waals surface area contributed by atoms with Gasteiger partial charge in [-0.25, -0.2) is 4.79 Å². The van der Waals surface area contributed by atoms with Crippen molar-refractivity contribution in [2.24, 2.45) is 5.92 Å². The average molecular weight is 210 g/mol. The van der Waals surface area contributed by atoms with E-state index in [1.165, 1.54) is 0 Å². The molecule has 0 unspecified atom stereocenters. The SMILES string of the molecule is CCc1[nH]c(=O)[nH]c1C(=O)C(CC)CC. The molecule has 4 heteroatoms. The molecular formula is C11H18N2O2. The van der Waals surface area contributed by atoms with E-state index in [1.54, 1.807) is 0 Å². The molecule has 1 aromatic rings. The summed E-state index contributed by atoms with van der Waals surface area (Å²) < 4.78 is 0. The third kappa shape index (κ3) is 2.37. The molecule has 2 N–H and O–H groups in total. The summed E-state index contributed by atoms with van der Waals surface area (Å²) in [6, 6.07) is 0. The highest BCUT2D eigenvalue weighted by molar-refractivity contribution is 5.97. The summed E-state index contributed by atoms with van der Waals surface area (Å²) in [7, 11) is 0. The summed E-state index contributed by atoms with van der Waals surface area (Å²) in [5.41, 5.74) is 0.897. The highest BCUT2D eigenvalue weighted by Crippen LogP contribution is 2.15. The summed E-state index contributed by atoms with van der Waals surface area (Å²) in [5, 5.41) is 0. The number of nitrogens with one attached hydrogen (secondary N) is 2. The zero-order valence-electron chi connectivity index (χ0n) is 9.52. The maximum Gasteiger partial charge on any atom is 0.323 e. The van der Waals surface area contributed by atoms with Gasteiger partial charge in [-0.15, -0.1) is 0 Å². The summed E-state index contributed by atoms with van der Waals surface area (Å²) in [6.07, 6.45) is 2.29. The molecule has 0 aliphatic carbocycles. The van der Waals surface area contributed by atoms with E-state index in [0.717, 1.165) is 18.5 Å². The molecule has 0 aromatic carbocycles. The third-order valence-electron chi connectivity index (χ3n) is 2.76. The Bertz CT molecular complexity index is 386. The van der Waals surface area contributed by atoms with Crippen molar-refractivity contribution in [2.75, 3.05) is 0 Å². The number of aromatic amines is 2. The normalized spacial score (nSPS) is 10.9. The lowest BCUT2D eigenvalue weighted by atomic mass is 9.95. The van der Waals surface area contributed by atoms with Gasteiger partial charge < -0.3 is 9.97 Å². The van der Waals surface area contributed by atoms with E-state index in [2.05, 4.69) is 9.97 Å². The van der Waals surface area contributed by atoms with Gasteiger partial charge in [0.25, 0.3) is 0 Å². The molecule has 0 atom stereocenters. The zero-order chi connectivity index (χ0) is 11.4. The van der Waals surface area contributed by atoms with E-state index in [4.69, 9.17) is 0 Å². The van der Waals surface area contributed by atoms with Crippen LogP contribution in [0.1, 0.15) is 49.8 Å². The standard InChI is InChI=1S/C11H18N2O2/c1-4-7(5-2)10(14)9-8(6-3)12-11(15)13-9/h7H,4-6H2,1-3H3,(H2,12,13,15). The highest BCUT2D eigenvalue weighted by atomic mass is 16.1. The van der Waals surface area contributed by atoms with E-state index in [0.29, 0.717) is 12.1 Å². The van der Waals surface area contributed by atoms with Crippen molar-refractivity contribution in [3.8, 4) is 0 Å². The molecule has 0 bridgehead atoms. The second-order valence-electron chi connectivity index (χ2n) is 3.66. The number of rotatable bonds is 5. The lowest BCUT2D eigenvalue weighted by molar-refractivity contribution is 0.0907. The van der Waals surface area contributed by atoms with Gasteiger partial charge in [-0.2, -0.15) is 0 Å². The first-order valence-corrected chi connectivity index (χ1v) is 5.49. The molecule has 1 rings (SSSR count). The van der Waals surface area contributed by atoms with Crippen LogP contribution in [0.2, 0.25) is 0 Å². The van der Waals surface area contributed by atoms with Gasteiger partial charge in [0.2, 0.25) is 0 Å². The lowest BCUT2D eigenvalue weighted by Crippen LogP contribution is -2.15. The number of hydrogen-bond donors (Lipinski definition) is 2. The number of ketones is 1. The van der Waals surface area contributed by atoms with E-state index >= 15 is 0 Å². The number of carbonyl (C=O) groups excluding carboxylic acids is 1. The van der Waals surface area contributed by atoms with Gasteiger partial charge in [-0.05, 0) is 19.3 Å². The number of carbonyl (C=O) groups is 1. The molecule has 0 aliphatic rings. The van der Waals surface area contributed by atoms with Gasteiger partial charge in [0.1, 0.15) is 5.69 Å². The van der Waals surface area contributed by atoms with E-state index in [9.17, 15) is 9.59 Å². The molecule has 0 amide bonds. The Kier molecular flexibility index (Phi) is 3.88. The largest absolute Gasteiger partial charge is 0.323 e. The minimum atomic E-state index is -0.291. The smallest absolute Gasteiger partial charge is 0.309 e. The fourth-order valence-electron chi connectivity index (χ4n) is 1.76. The molecule has 0 saturated heterocycles. The van der Waals surface area contributed by atoms with Crippen molar-refractivity contribution < 1.29 is 4.79 Å². The van der Waals surface area contributed by atoms with E-state index in [1.807, 2.05) is 20.8 Å². The van der Waals surface area contributed by atoms with Gasteiger partial charge in [0.15, 0.2) is 5.78 Å². The lowest BCUT2D eigenvalue weighted by Gasteiger charge is -2.10. The first-order valence-electron chi connectivity index (χ1n) is 5.49. The van der Waals surface area contributed by atoms with Gasteiger partial charge >= 0.3 is 5.69 Å². The molecule has 0 saturated carbocycles. The molecular weight excluding hydrogens is 192 g/mol. The Morgan fingerprint density at radius 3 is 2.27 bits per heavy atom. The number of aromatic nitrogens is 2. The monoisotopic (exact) mass is 210 g/mol. The van der Waals surface area contributed by atoms with Crippen LogP contribution in [0.4, 0.5) is 0 Å². The van der Waals surface area contributed by atoms with Crippen LogP contribution in [-0.2, 0) is 6.42 Å². The number of H-pyrrole nitrogens is 2. The van der Waals surface area contributed by atoms with Crippen molar-refractivity contribution in [1.29, 1.82) is 0 Å². The van der Waals surface area contributed by atoms with Crippen molar-refractivity contribution >= 4 is 5.78 Å². The van der Waals surface area contributed by atoms with Gasteiger partial charge in [0, 0.05) is 11.6 Å². The Morgan fingerprint density at radius 2 is 1.80 bits per heavy atom. The third-order valence-corrected chi connectivity index (χ3v) is 2.76. The van der Waals surface area contributed by atoms with Crippen molar-refractivity contribution in [1.82, 2.24) is 9.97 Å². The topological polar surface area (TPSA) is 65.7 Å². The fourth-order valence-corrected chi connectivity index (χ4v) is 1.76. The average Bonchev–Trinajstić information content (AvgIpc) is 2.61. The van der Waals surface area contributed by atoms with Crippen LogP contribution in [-0.4, -0.2) is 15.8 Å². The first-order chi connectivity index (χ1) is 7.13. The molecule has 0 spiro atoms. The Balaban J connectivity index is 3.04. The maximum atomic E-state index is 12.0. The maximum absolute atomic E-state index is 12.0. The second kappa shape index (κ2) is 4.96. The van der Waals surface area contributed by atoms with Crippen molar-refractivity contribution in [3.63, 3.8) is 0 Å². The van der Waals surface area contributed by atoms with Crippen molar-refractivity contribution in [3.05, 3.63) is 21.9 Å². The minimum absolute atomic E-state index is 0.0155. The quantitative estimate of drug-likeness (QED) is 0.729. The zero-order valence-corrected chi connectivity index (χ0v) is 9.52. The second-order valence-corrected chi connectivity index (χ2v) is 3.66. The van der Waals surface area contributed by atoms with Crippen LogP contribution in [0, 0.1) is 5.92 Å². The molecule has 1 heterocycles. The van der Waals surface area contributed by atoms with Crippen LogP contribution in [0.15, 0.2) is 4.79 Å². The summed E-state index contributed by atoms with van der Waals surface area (Å²) >= 11 is 0. The van der Waals surface area contributed by atoms with Crippen molar-refractivity contribution in [2.45, 2.75) is 40.0 Å². The van der Waals surface area contributed by atoms with Gasteiger partial charge in [-0.1, -0.05) is 20.8 Å². The van der Waals surface area contributed by atoms with Crippen LogP contribution < -0.4 is 5.69 Å². The molecule has 84 valence electrons. The predicted octanol–water partition coefficient (Wildman–Crippen LogP) is 1.88. The summed E-state index contributed by atoms with van der Waals surface area (Å²) in [5.74, 6) is 0.0666. The molecule has 4 nitrogen and oxygen atoms in total. The van der Waals surface area contributed by atoms with Gasteiger partial charge in [-0.3, -0.25) is 4.79 Å². The number of hydrogen-bond acceptors (Lipinski definition) is 2. The summed E-state index contributed by atoms with van der Waals surface area (Å²) in [6.45, 7) is 5.90. The van der Waals surface area contributed by atoms with Crippen LogP contribution in [0.5, 0.6) is 0 Å². The fraction of sp³-hybridized carbons (Fsp3) is 0.636. The van der Waals surface area contributed by atoms with Gasteiger partial charge in [0.05, 0.1) is 0 Å². The Labute approximate surface area is 89.1 Å². The molecule has 0 aliphatic heterocycles. The number of Topliss-reactive ketones (excluding diaryl/α,β-unsaturated/α-hetero) is 1. The van der Waals surface area contributed by atoms with E-state index in [-0.39, 0.29) is 17.4 Å². The molecule has 0 radical (unpaired) electrons. The van der Waals surface area contributed by atoms with E-state index < -0.39 is 0 Å². The highest BCUT2D eigenvalue weighted by Gasteiger charge is 2.20. The minimum Gasteiger partial charge on any atom is -0.309 e. The Hall–Kier alpha value is -1.32. The number of imidazole rings is 1. The molecule has 0 fully saturated rings. The Morgan fingerprint density at radius 1 is 1.20 bits per heavy atom.